The Labute approximate surface area is 161 Å². The number of hydrogen-bond acceptors (Lipinski definition) is 2. The van der Waals surface area contributed by atoms with Gasteiger partial charge in [-0.1, -0.05) is 31.9 Å². The molecule has 0 saturated heterocycles. The average molecular weight is 472 g/mol. The first-order valence-electron chi connectivity index (χ1n) is 7.20. The molecule has 1 N–H and O–H groups in total. The molecule has 0 fully saturated rings. The zero-order valence-electron chi connectivity index (χ0n) is 12.9. The number of benzene rings is 3. The fourth-order valence-corrected chi connectivity index (χ4v) is 2.29. The molecule has 0 aliphatic rings. The maximum absolute atomic E-state index is 12.3. The van der Waals surface area contributed by atoms with Crippen LogP contribution in [0.3, 0.4) is 0 Å². The van der Waals surface area contributed by atoms with E-state index in [1.165, 1.54) is 24.3 Å². The van der Waals surface area contributed by atoms with Crippen molar-refractivity contribution >= 4 is 31.9 Å². The second kappa shape index (κ2) is 9.53. The number of phenolic OH excluding ortho intramolecular Hbond substituents is 1. The van der Waals surface area contributed by atoms with E-state index in [4.69, 9.17) is 9.84 Å². The Morgan fingerprint density at radius 1 is 0.680 bits per heavy atom. The number of phenols is 1. The highest BCUT2D eigenvalue weighted by Gasteiger charge is 2.06. The van der Waals surface area contributed by atoms with Gasteiger partial charge in [-0.05, 0) is 72.8 Å². The van der Waals surface area contributed by atoms with Crippen molar-refractivity contribution in [3.8, 4) is 17.2 Å². The molecule has 0 radical (unpaired) electrons. The molecule has 0 spiro atoms. The Kier molecular flexibility index (Phi) is 7.40. The summed E-state index contributed by atoms with van der Waals surface area (Å²) < 4.78 is 32.1. The van der Waals surface area contributed by atoms with Gasteiger partial charge in [-0.15, -0.1) is 0 Å². The third-order valence-electron chi connectivity index (χ3n) is 3.01. The first-order chi connectivity index (χ1) is 11.9. The lowest BCUT2D eigenvalue weighted by molar-refractivity contribution is 0.151. The number of hydrogen-bond donors (Lipinski definition) is 1. The maximum Gasteiger partial charge on any atom is 0.263 e. The van der Waals surface area contributed by atoms with Crippen LogP contribution in [0.1, 0.15) is 12.0 Å². The van der Waals surface area contributed by atoms with Crippen molar-refractivity contribution in [1.82, 2.24) is 0 Å². The van der Waals surface area contributed by atoms with E-state index in [0.717, 1.165) is 8.95 Å². The molecule has 6 heteroatoms. The van der Waals surface area contributed by atoms with Crippen LogP contribution in [0, 0.1) is 0 Å². The summed E-state index contributed by atoms with van der Waals surface area (Å²) in [5.41, 5.74) is -0.00634. The van der Waals surface area contributed by atoms with Gasteiger partial charge in [0, 0.05) is 14.5 Å². The Bertz CT molecular complexity index is 753. The molecule has 3 rings (SSSR count). The third kappa shape index (κ3) is 6.84. The van der Waals surface area contributed by atoms with E-state index in [2.05, 4.69) is 31.9 Å². The maximum atomic E-state index is 12.3. The van der Waals surface area contributed by atoms with Gasteiger partial charge in [0.05, 0.1) is 0 Å². The van der Waals surface area contributed by atoms with E-state index < -0.39 is 6.43 Å². The van der Waals surface area contributed by atoms with E-state index in [1.54, 1.807) is 36.4 Å². The van der Waals surface area contributed by atoms with E-state index >= 15 is 0 Å². The monoisotopic (exact) mass is 470 g/mol. The standard InChI is InChI=1S/C13H9BrF2O.C6H5BrO/c14-10-3-7-12(8-4-10)17-11-5-1-9(2-6-11)13(15)16;7-5-1-3-6(8)4-2-5/h1-8,13H;1-4,8H. The highest BCUT2D eigenvalue weighted by Crippen LogP contribution is 2.26. The normalized spacial score (nSPS) is 10.1. The molecular weight excluding hydrogens is 458 g/mol. The molecule has 0 atom stereocenters. The SMILES string of the molecule is FC(F)c1ccc(Oc2ccc(Br)cc2)cc1.Oc1ccc(Br)cc1. The largest absolute Gasteiger partial charge is 0.508 e. The van der Waals surface area contributed by atoms with Crippen molar-refractivity contribution < 1.29 is 18.6 Å². The molecule has 130 valence electrons. The van der Waals surface area contributed by atoms with Crippen LogP contribution in [0.15, 0.2) is 81.7 Å². The van der Waals surface area contributed by atoms with Crippen LogP contribution in [0.2, 0.25) is 0 Å². The number of alkyl halides is 2. The van der Waals surface area contributed by atoms with Crippen LogP contribution in [-0.4, -0.2) is 5.11 Å². The zero-order valence-corrected chi connectivity index (χ0v) is 16.0. The summed E-state index contributed by atoms with van der Waals surface area (Å²) in [5, 5.41) is 8.74. The molecular formula is C19H14Br2F2O2. The lowest BCUT2D eigenvalue weighted by Gasteiger charge is -2.06. The van der Waals surface area contributed by atoms with Gasteiger partial charge in [0.25, 0.3) is 6.43 Å². The highest BCUT2D eigenvalue weighted by atomic mass is 79.9. The van der Waals surface area contributed by atoms with E-state index in [0.29, 0.717) is 17.2 Å². The number of aromatic hydroxyl groups is 1. The summed E-state index contributed by atoms with van der Waals surface area (Å²) in [5.74, 6) is 1.50. The highest BCUT2D eigenvalue weighted by molar-refractivity contribution is 9.10. The van der Waals surface area contributed by atoms with Crippen LogP contribution in [-0.2, 0) is 0 Å². The first kappa shape index (κ1) is 19.4. The van der Waals surface area contributed by atoms with Crippen LogP contribution >= 0.6 is 31.9 Å². The molecule has 0 heterocycles. The molecule has 3 aromatic carbocycles. The lowest BCUT2D eigenvalue weighted by Crippen LogP contribution is -1.86. The Morgan fingerprint density at radius 2 is 1.08 bits per heavy atom. The van der Waals surface area contributed by atoms with E-state index in [9.17, 15) is 8.78 Å². The van der Waals surface area contributed by atoms with Crippen LogP contribution in [0.5, 0.6) is 17.2 Å². The number of rotatable bonds is 3. The molecule has 25 heavy (non-hydrogen) atoms. The minimum Gasteiger partial charge on any atom is -0.508 e. The van der Waals surface area contributed by atoms with Crippen molar-refractivity contribution in [2.75, 3.05) is 0 Å². The molecule has 0 unspecified atom stereocenters. The Morgan fingerprint density at radius 3 is 1.48 bits per heavy atom. The zero-order chi connectivity index (χ0) is 18.2. The smallest absolute Gasteiger partial charge is 0.263 e. The molecule has 0 amide bonds. The fraction of sp³-hybridized carbons (Fsp3) is 0.0526. The predicted molar refractivity (Wildman–Crippen MR) is 101 cm³/mol. The number of ether oxygens (including phenoxy) is 1. The molecule has 0 bridgehead atoms. The molecule has 0 saturated carbocycles. The second-order valence-corrected chi connectivity index (χ2v) is 6.73. The quantitative estimate of drug-likeness (QED) is 0.433. The van der Waals surface area contributed by atoms with Crippen molar-refractivity contribution in [3.05, 3.63) is 87.3 Å². The lowest BCUT2D eigenvalue weighted by atomic mass is 10.2. The van der Waals surface area contributed by atoms with Gasteiger partial charge < -0.3 is 9.84 Å². The third-order valence-corrected chi connectivity index (χ3v) is 4.07. The first-order valence-corrected chi connectivity index (χ1v) is 8.79. The molecule has 2 nitrogen and oxygen atoms in total. The average Bonchev–Trinajstić information content (AvgIpc) is 2.61. The summed E-state index contributed by atoms with van der Waals surface area (Å²) >= 11 is 6.55. The molecule has 3 aromatic rings. The van der Waals surface area contributed by atoms with Gasteiger partial charge in [-0.25, -0.2) is 8.78 Å². The summed E-state index contributed by atoms with van der Waals surface area (Å²) in [6, 6.07) is 19.9. The molecule has 0 aliphatic carbocycles. The van der Waals surface area contributed by atoms with Crippen LogP contribution < -0.4 is 4.74 Å². The second-order valence-electron chi connectivity index (χ2n) is 4.90. The fourth-order valence-electron chi connectivity index (χ4n) is 1.76. The summed E-state index contributed by atoms with van der Waals surface area (Å²) in [6.07, 6.45) is -2.45. The number of halogens is 4. The molecule has 0 aromatic heterocycles. The van der Waals surface area contributed by atoms with Gasteiger partial charge in [-0.3, -0.25) is 0 Å². The van der Waals surface area contributed by atoms with Crippen molar-refractivity contribution in [3.63, 3.8) is 0 Å². The van der Waals surface area contributed by atoms with Crippen molar-refractivity contribution in [1.29, 1.82) is 0 Å². The van der Waals surface area contributed by atoms with E-state index in [-0.39, 0.29) is 5.56 Å². The Balaban J connectivity index is 0.000000236. The minimum atomic E-state index is -2.45. The van der Waals surface area contributed by atoms with Crippen molar-refractivity contribution in [2.45, 2.75) is 6.43 Å². The predicted octanol–water partition coefficient (Wildman–Crippen LogP) is 7.33. The van der Waals surface area contributed by atoms with Crippen LogP contribution in [0.4, 0.5) is 8.78 Å². The van der Waals surface area contributed by atoms with Gasteiger partial charge in [0.15, 0.2) is 0 Å². The van der Waals surface area contributed by atoms with Crippen LogP contribution in [0.25, 0.3) is 0 Å². The minimum absolute atomic E-state index is 0.00634. The summed E-state index contributed by atoms with van der Waals surface area (Å²) in [4.78, 5) is 0. The summed E-state index contributed by atoms with van der Waals surface area (Å²) in [6.45, 7) is 0. The summed E-state index contributed by atoms with van der Waals surface area (Å²) in [7, 11) is 0. The van der Waals surface area contributed by atoms with E-state index in [1.807, 2.05) is 12.1 Å². The molecule has 0 aliphatic heterocycles. The Hall–Kier alpha value is -1.92. The van der Waals surface area contributed by atoms with Crippen molar-refractivity contribution in [2.24, 2.45) is 0 Å². The van der Waals surface area contributed by atoms with Gasteiger partial charge >= 0.3 is 0 Å². The van der Waals surface area contributed by atoms with Gasteiger partial charge in [0.1, 0.15) is 17.2 Å². The van der Waals surface area contributed by atoms with Gasteiger partial charge in [0.2, 0.25) is 0 Å². The van der Waals surface area contributed by atoms with Gasteiger partial charge in [-0.2, -0.15) is 0 Å². The topological polar surface area (TPSA) is 29.5 Å².